The highest BCUT2D eigenvalue weighted by atomic mass is 16.2. The van der Waals surface area contributed by atoms with Gasteiger partial charge in [0.2, 0.25) is 0 Å². The molecule has 0 aliphatic carbocycles. The zero-order valence-electron chi connectivity index (χ0n) is 16.6. The van der Waals surface area contributed by atoms with Crippen molar-refractivity contribution in [3.63, 3.8) is 0 Å². The highest BCUT2D eigenvalue weighted by molar-refractivity contribution is 5.73. The van der Waals surface area contributed by atoms with Gasteiger partial charge in [0, 0.05) is 43.2 Å². The normalized spacial score (nSPS) is 11.0. The van der Waals surface area contributed by atoms with Crippen molar-refractivity contribution in [3.05, 3.63) is 83.6 Å². The summed E-state index contributed by atoms with van der Waals surface area (Å²) in [5, 5.41) is 10.4. The van der Waals surface area contributed by atoms with Gasteiger partial charge in [0.05, 0.1) is 17.1 Å². The average molecular weight is 388 g/mol. The zero-order valence-corrected chi connectivity index (χ0v) is 16.6. The fraction of sp³-hybridized carbons (Fsp3) is 0.227. The third-order valence-electron chi connectivity index (χ3n) is 4.95. The number of benzene rings is 1. The number of amides is 2. The van der Waals surface area contributed by atoms with Crippen LogP contribution in [-0.4, -0.2) is 31.7 Å². The Balaban J connectivity index is 1.31. The second-order valence-electron chi connectivity index (χ2n) is 6.95. The first-order chi connectivity index (χ1) is 14.1. The molecule has 3 heterocycles. The van der Waals surface area contributed by atoms with Crippen LogP contribution in [0.3, 0.4) is 0 Å². The molecule has 0 aliphatic heterocycles. The van der Waals surface area contributed by atoms with Gasteiger partial charge in [-0.2, -0.15) is 5.10 Å². The highest BCUT2D eigenvalue weighted by Gasteiger charge is 2.13. The number of nitrogens with one attached hydrogen (secondary N) is 2. The van der Waals surface area contributed by atoms with Crippen molar-refractivity contribution in [3.8, 4) is 5.69 Å². The zero-order chi connectivity index (χ0) is 20.2. The number of pyridine rings is 1. The monoisotopic (exact) mass is 388 g/mol. The molecule has 3 aromatic heterocycles. The lowest BCUT2D eigenvalue weighted by atomic mass is 10.2. The highest BCUT2D eigenvalue weighted by Crippen LogP contribution is 2.17. The molecular weight excluding hydrogens is 364 g/mol. The summed E-state index contributed by atoms with van der Waals surface area (Å²) in [6, 6.07) is 15.7. The molecule has 0 bridgehead atoms. The van der Waals surface area contributed by atoms with Crippen LogP contribution in [0.15, 0.2) is 60.9 Å². The number of aromatic nitrogens is 4. The summed E-state index contributed by atoms with van der Waals surface area (Å²) >= 11 is 0. The molecule has 148 valence electrons. The molecule has 0 aliphatic rings. The number of nitrogens with zero attached hydrogens (tertiary/aromatic N) is 4. The number of carbonyl (C=O) groups excluding carboxylic acids is 1. The van der Waals surface area contributed by atoms with E-state index in [2.05, 4.69) is 20.7 Å². The maximum atomic E-state index is 12.2. The third-order valence-corrected chi connectivity index (χ3v) is 4.95. The molecule has 1 aromatic carbocycles. The lowest BCUT2D eigenvalue weighted by molar-refractivity contribution is 0.240. The standard InChI is InChI=1S/C22H24N6O/c1-16-20(17(2)28(26-16)19-8-4-3-5-9-19)14-24-22(29)23-12-11-18-15-27-13-7-6-10-21(27)25-18/h3-10,13,15H,11-12,14H2,1-2H3,(H2,23,24,29). The molecule has 0 saturated carbocycles. The van der Waals surface area contributed by atoms with Gasteiger partial charge >= 0.3 is 6.03 Å². The van der Waals surface area contributed by atoms with Crippen molar-refractivity contribution in [2.45, 2.75) is 26.8 Å². The van der Waals surface area contributed by atoms with Gasteiger partial charge < -0.3 is 15.0 Å². The molecule has 0 fully saturated rings. The van der Waals surface area contributed by atoms with Crippen LogP contribution in [0.25, 0.3) is 11.3 Å². The SMILES string of the molecule is Cc1nn(-c2ccccc2)c(C)c1CNC(=O)NCCc1cn2ccccc2n1. The molecule has 0 radical (unpaired) electrons. The molecule has 2 amide bonds. The van der Waals surface area contributed by atoms with E-state index in [1.165, 1.54) is 0 Å². The number of para-hydroxylation sites is 1. The van der Waals surface area contributed by atoms with Crippen molar-refractivity contribution in [2.24, 2.45) is 0 Å². The molecule has 29 heavy (non-hydrogen) atoms. The Morgan fingerprint density at radius 2 is 1.83 bits per heavy atom. The minimum atomic E-state index is -0.194. The first-order valence-electron chi connectivity index (χ1n) is 9.66. The molecule has 0 saturated heterocycles. The molecule has 0 spiro atoms. The van der Waals surface area contributed by atoms with E-state index < -0.39 is 0 Å². The number of urea groups is 1. The number of fused-ring (bicyclic) bond motifs is 1. The fourth-order valence-electron chi connectivity index (χ4n) is 3.39. The van der Waals surface area contributed by atoms with Gasteiger partial charge in [-0.15, -0.1) is 0 Å². The maximum absolute atomic E-state index is 12.2. The third kappa shape index (κ3) is 4.13. The molecule has 4 aromatic rings. The molecule has 0 unspecified atom stereocenters. The second kappa shape index (κ2) is 8.18. The summed E-state index contributed by atoms with van der Waals surface area (Å²) < 4.78 is 3.89. The molecule has 7 heteroatoms. The smallest absolute Gasteiger partial charge is 0.315 e. The first kappa shape index (κ1) is 18.7. The van der Waals surface area contributed by atoms with Crippen LogP contribution in [0.2, 0.25) is 0 Å². The van der Waals surface area contributed by atoms with Crippen LogP contribution in [0, 0.1) is 13.8 Å². The van der Waals surface area contributed by atoms with Gasteiger partial charge in [0.25, 0.3) is 0 Å². The van der Waals surface area contributed by atoms with Crippen molar-refractivity contribution in [2.75, 3.05) is 6.54 Å². The van der Waals surface area contributed by atoms with Gasteiger partial charge in [-0.3, -0.25) is 0 Å². The Morgan fingerprint density at radius 3 is 2.62 bits per heavy atom. The Labute approximate surface area is 169 Å². The van der Waals surface area contributed by atoms with E-state index >= 15 is 0 Å². The Morgan fingerprint density at radius 1 is 1.03 bits per heavy atom. The largest absolute Gasteiger partial charge is 0.338 e. The van der Waals surface area contributed by atoms with Crippen LogP contribution in [-0.2, 0) is 13.0 Å². The number of hydrogen-bond acceptors (Lipinski definition) is 3. The van der Waals surface area contributed by atoms with Crippen molar-refractivity contribution >= 4 is 11.7 Å². The fourth-order valence-corrected chi connectivity index (χ4v) is 3.39. The minimum Gasteiger partial charge on any atom is -0.338 e. The van der Waals surface area contributed by atoms with E-state index in [0.717, 1.165) is 34.0 Å². The summed E-state index contributed by atoms with van der Waals surface area (Å²) in [7, 11) is 0. The van der Waals surface area contributed by atoms with Crippen molar-refractivity contribution in [1.82, 2.24) is 29.8 Å². The predicted octanol–water partition coefficient (Wildman–Crippen LogP) is 3.18. The van der Waals surface area contributed by atoms with Crippen LogP contribution in [0.1, 0.15) is 22.6 Å². The van der Waals surface area contributed by atoms with Crippen LogP contribution >= 0.6 is 0 Å². The van der Waals surface area contributed by atoms with Gasteiger partial charge in [0.15, 0.2) is 0 Å². The maximum Gasteiger partial charge on any atom is 0.315 e. The summed E-state index contributed by atoms with van der Waals surface area (Å²) in [5.74, 6) is 0. The van der Waals surface area contributed by atoms with E-state index in [4.69, 9.17) is 0 Å². The van der Waals surface area contributed by atoms with E-state index in [1.807, 2.05) is 83.9 Å². The molecule has 0 atom stereocenters. The summed E-state index contributed by atoms with van der Waals surface area (Å²) in [6.07, 6.45) is 4.63. The van der Waals surface area contributed by atoms with E-state index in [-0.39, 0.29) is 6.03 Å². The minimum absolute atomic E-state index is 0.194. The number of rotatable bonds is 6. The Bertz CT molecular complexity index is 1100. The molecular formula is C22H24N6O. The van der Waals surface area contributed by atoms with E-state index in [1.54, 1.807) is 0 Å². The van der Waals surface area contributed by atoms with E-state index in [0.29, 0.717) is 19.5 Å². The molecule has 2 N–H and O–H groups in total. The van der Waals surface area contributed by atoms with E-state index in [9.17, 15) is 4.79 Å². The first-order valence-corrected chi connectivity index (χ1v) is 9.66. The van der Waals surface area contributed by atoms with Gasteiger partial charge in [0.1, 0.15) is 5.65 Å². The summed E-state index contributed by atoms with van der Waals surface area (Å²) in [6.45, 7) is 4.94. The number of hydrogen-bond donors (Lipinski definition) is 2. The lowest BCUT2D eigenvalue weighted by Crippen LogP contribution is -2.36. The van der Waals surface area contributed by atoms with Crippen molar-refractivity contribution in [1.29, 1.82) is 0 Å². The van der Waals surface area contributed by atoms with Crippen molar-refractivity contribution < 1.29 is 4.79 Å². The van der Waals surface area contributed by atoms with Gasteiger partial charge in [-0.25, -0.2) is 14.5 Å². The summed E-state index contributed by atoms with van der Waals surface area (Å²) in [5.41, 5.74) is 5.84. The van der Waals surface area contributed by atoms with Crippen LogP contribution in [0.5, 0.6) is 0 Å². The quantitative estimate of drug-likeness (QED) is 0.533. The molecule has 7 nitrogen and oxygen atoms in total. The summed E-state index contributed by atoms with van der Waals surface area (Å²) in [4.78, 5) is 16.7. The number of aryl methyl sites for hydroxylation is 1. The van der Waals surface area contributed by atoms with Crippen LogP contribution in [0.4, 0.5) is 4.79 Å². The Kier molecular flexibility index (Phi) is 5.29. The lowest BCUT2D eigenvalue weighted by Gasteiger charge is -2.08. The average Bonchev–Trinajstić information content (AvgIpc) is 3.27. The van der Waals surface area contributed by atoms with Gasteiger partial charge in [-0.1, -0.05) is 24.3 Å². The second-order valence-corrected chi connectivity index (χ2v) is 6.95. The molecule has 4 rings (SSSR count). The number of carbonyl (C=O) groups is 1. The topological polar surface area (TPSA) is 76.2 Å². The predicted molar refractivity (Wildman–Crippen MR) is 112 cm³/mol. The van der Waals surface area contributed by atoms with Gasteiger partial charge in [-0.05, 0) is 38.1 Å². The van der Waals surface area contributed by atoms with Crippen LogP contribution < -0.4 is 10.6 Å². The number of imidazole rings is 1. The Hall–Kier alpha value is -3.61.